The molecule has 0 unspecified atom stereocenters. The summed E-state index contributed by atoms with van der Waals surface area (Å²) in [6.45, 7) is 7.54. The monoisotopic (exact) mass is 244 g/mol. The van der Waals surface area contributed by atoms with Gasteiger partial charge in [-0.3, -0.25) is 4.79 Å². The topological polar surface area (TPSA) is 32.3 Å². The molecule has 0 aromatic heterocycles. The highest BCUT2D eigenvalue weighted by molar-refractivity contribution is 5.85. The Morgan fingerprint density at radius 3 is 2.50 bits per heavy atom. The number of carbonyl (C=O) groups is 1. The summed E-state index contributed by atoms with van der Waals surface area (Å²) in [5.74, 6) is 1.23. The Hall–Kier alpha value is -0.540. The largest absolute Gasteiger partial charge is 0.342 e. The standard InChI is InChI=1S/C12H20N2O.ClH/c1-2-10-4-7-14(8-5-10)12(15)11-3-6-13-9-11;/h2,10-11,13H,1,3-9H2;1H/t11-;/m1./s1. The van der Waals surface area contributed by atoms with Gasteiger partial charge in [0.2, 0.25) is 5.91 Å². The summed E-state index contributed by atoms with van der Waals surface area (Å²) >= 11 is 0. The summed E-state index contributed by atoms with van der Waals surface area (Å²) < 4.78 is 0. The van der Waals surface area contributed by atoms with E-state index in [-0.39, 0.29) is 18.3 Å². The Morgan fingerprint density at radius 1 is 1.31 bits per heavy atom. The number of carbonyl (C=O) groups excluding carboxylic acids is 1. The first-order valence-corrected chi connectivity index (χ1v) is 5.93. The van der Waals surface area contributed by atoms with Gasteiger partial charge in [0.05, 0.1) is 5.92 Å². The van der Waals surface area contributed by atoms with Crippen LogP contribution in [0.15, 0.2) is 12.7 Å². The number of likely N-dealkylation sites (tertiary alicyclic amines) is 1. The van der Waals surface area contributed by atoms with Crippen molar-refractivity contribution in [2.75, 3.05) is 26.2 Å². The average molecular weight is 245 g/mol. The lowest BCUT2D eigenvalue weighted by atomic mass is 9.96. The summed E-state index contributed by atoms with van der Waals surface area (Å²) in [5, 5.41) is 3.25. The molecular formula is C12H21ClN2O. The lowest BCUT2D eigenvalue weighted by Crippen LogP contribution is -2.42. The van der Waals surface area contributed by atoms with Crippen LogP contribution in [0.3, 0.4) is 0 Å². The summed E-state index contributed by atoms with van der Waals surface area (Å²) in [6, 6.07) is 0. The van der Waals surface area contributed by atoms with Gasteiger partial charge in [-0.15, -0.1) is 19.0 Å². The van der Waals surface area contributed by atoms with Gasteiger partial charge in [-0.2, -0.15) is 0 Å². The number of amides is 1. The fourth-order valence-corrected chi connectivity index (χ4v) is 2.48. The molecule has 1 N–H and O–H groups in total. The van der Waals surface area contributed by atoms with Gasteiger partial charge in [0.15, 0.2) is 0 Å². The quantitative estimate of drug-likeness (QED) is 0.746. The van der Waals surface area contributed by atoms with Crippen molar-refractivity contribution in [2.45, 2.75) is 19.3 Å². The molecule has 1 atom stereocenters. The molecule has 0 bridgehead atoms. The van der Waals surface area contributed by atoms with E-state index >= 15 is 0 Å². The van der Waals surface area contributed by atoms with Gasteiger partial charge in [0.25, 0.3) is 0 Å². The van der Waals surface area contributed by atoms with Crippen molar-refractivity contribution in [2.24, 2.45) is 11.8 Å². The predicted octanol–water partition coefficient (Wildman–Crippen LogP) is 1.44. The Kier molecular flexibility index (Phi) is 5.29. The molecule has 2 saturated heterocycles. The van der Waals surface area contributed by atoms with E-state index in [1.165, 1.54) is 0 Å². The van der Waals surface area contributed by atoms with E-state index in [0.717, 1.165) is 45.4 Å². The highest BCUT2D eigenvalue weighted by Crippen LogP contribution is 2.20. The van der Waals surface area contributed by atoms with Crippen molar-refractivity contribution in [3.63, 3.8) is 0 Å². The summed E-state index contributed by atoms with van der Waals surface area (Å²) in [7, 11) is 0. The molecule has 0 radical (unpaired) electrons. The van der Waals surface area contributed by atoms with Gasteiger partial charge < -0.3 is 10.2 Å². The normalized spacial score (nSPS) is 26.2. The molecular weight excluding hydrogens is 224 g/mol. The number of allylic oxidation sites excluding steroid dienone is 1. The third-order valence-corrected chi connectivity index (χ3v) is 3.59. The van der Waals surface area contributed by atoms with Crippen LogP contribution in [0, 0.1) is 11.8 Å². The third kappa shape index (κ3) is 2.98. The fraction of sp³-hybridized carbons (Fsp3) is 0.750. The van der Waals surface area contributed by atoms with Gasteiger partial charge in [-0.25, -0.2) is 0 Å². The van der Waals surface area contributed by atoms with Crippen LogP contribution in [0.2, 0.25) is 0 Å². The third-order valence-electron chi connectivity index (χ3n) is 3.59. The summed E-state index contributed by atoms with van der Waals surface area (Å²) in [6.07, 6.45) is 5.23. The minimum absolute atomic E-state index is 0. The van der Waals surface area contributed by atoms with Crippen molar-refractivity contribution in [3.8, 4) is 0 Å². The summed E-state index contributed by atoms with van der Waals surface area (Å²) in [4.78, 5) is 14.1. The van der Waals surface area contributed by atoms with Gasteiger partial charge in [0.1, 0.15) is 0 Å². The highest BCUT2D eigenvalue weighted by Gasteiger charge is 2.29. The molecule has 3 nitrogen and oxygen atoms in total. The van der Waals surface area contributed by atoms with E-state index in [9.17, 15) is 4.79 Å². The van der Waals surface area contributed by atoms with Crippen molar-refractivity contribution in [1.82, 2.24) is 10.2 Å². The molecule has 4 heteroatoms. The number of hydrogen-bond donors (Lipinski definition) is 1. The first-order chi connectivity index (χ1) is 7.31. The van der Waals surface area contributed by atoms with Crippen LogP contribution in [0.1, 0.15) is 19.3 Å². The molecule has 16 heavy (non-hydrogen) atoms. The van der Waals surface area contributed by atoms with Crippen LogP contribution in [0.5, 0.6) is 0 Å². The maximum absolute atomic E-state index is 12.1. The van der Waals surface area contributed by atoms with Crippen molar-refractivity contribution in [3.05, 3.63) is 12.7 Å². The van der Waals surface area contributed by atoms with E-state index < -0.39 is 0 Å². The minimum atomic E-state index is 0. The zero-order valence-electron chi connectivity index (χ0n) is 9.65. The van der Waals surface area contributed by atoms with E-state index in [2.05, 4.69) is 11.9 Å². The Balaban J connectivity index is 0.00000128. The molecule has 2 aliphatic heterocycles. The molecule has 2 fully saturated rings. The maximum atomic E-state index is 12.1. The Bertz CT molecular complexity index is 243. The molecule has 0 aliphatic carbocycles. The second-order valence-electron chi connectivity index (χ2n) is 4.59. The Morgan fingerprint density at radius 2 is 2.00 bits per heavy atom. The number of hydrogen-bond acceptors (Lipinski definition) is 2. The van der Waals surface area contributed by atoms with Crippen LogP contribution < -0.4 is 5.32 Å². The zero-order valence-corrected chi connectivity index (χ0v) is 10.5. The highest BCUT2D eigenvalue weighted by atomic mass is 35.5. The molecule has 2 rings (SSSR count). The first-order valence-electron chi connectivity index (χ1n) is 5.93. The Labute approximate surface area is 104 Å². The van der Waals surface area contributed by atoms with Crippen molar-refractivity contribution >= 4 is 18.3 Å². The second-order valence-corrected chi connectivity index (χ2v) is 4.59. The van der Waals surface area contributed by atoms with Crippen LogP contribution in [-0.4, -0.2) is 37.0 Å². The lowest BCUT2D eigenvalue weighted by molar-refractivity contribution is -0.136. The van der Waals surface area contributed by atoms with Gasteiger partial charge >= 0.3 is 0 Å². The van der Waals surface area contributed by atoms with E-state index in [0.29, 0.717) is 11.8 Å². The average Bonchev–Trinajstić information content (AvgIpc) is 2.82. The molecule has 0 aromatic carbocycles. The molecule has 2 aliphatic rings. The van der Waals surface area contributed by atoms with Crippen molar-refractivity contribution < 1.29 is 4.79 Å². The van der Waals surface area contributed by atoms with Crippen LogP contribution in [0.25, 0.3) is 0 Å². The maximum Gasteiger partial charge on any atom is 0.227 e. The van der Waals surface area contributed by atoms with Crippen LogP contribution >= 0.6 is 12.4 Å². The van der Waals surface area contributed by atoms with E-state index in [1.54, 1.807) is 0 Å². The number of piperidine rings is 1. The number of halogens is 1. The number of nitrogens with zero attached hydrogens (tertiary/aromatic N) is 1. The van der Waals surface area contributed by atoms with Gasteiger partial charge in [0, 0.05) is 19.6 Å². The molecule has 92 valence electrons. The fourth-order valence-electron chi connectivity index (χ4n) is 2.48. The minimum Gasteiger partial charge on any atom is -0.342 e. The molecule has 1 amide bonds. The smallest absolute Gasteiger partial charge is 0.227 e. The van der Waals surface area contributed by atoms with Gasteiger partial charge in [-0.05, 0) is 31.7 Å². The lowest BCUT2D eigenvalue weighted by Gasteiger charge is -2.32. The zero-order chi connectivity index (χ0) is 10.7. The SMILES string of the molecule is C=CC1CCN(C(=O)[C@@H]2CCNC2)CC1.Cl. The van der Waals surface area contributed by atoms with Crippen LogP contribution in [0.4, 0.5) is 0 Å². The van der Waals surface area contributed by atoms with Crippen LogP contribution in [-0.2, 0) is 4.79 Å². The molecule has 2 heterocycles. The van der Waals surface area contributed by atoms with Gasteiger partial charge in [-0.1, -0.05) is 6.08 Å². The number of nitrogens with one attached hydrogen (secondary N) is 1. The van der Waals surface area contributed by atoms with E-state index in [4.69, 9.17) is 0 Å². The molecule has 0 aromatic rings. The van der Waals surface area contributed by atoms with Crippen molar-refractivity contribution in [1.29, 1.82) is 0 Å². The second kappa shape index (κ2) is 6.26. The first kappa shape index (κ1) is 13.5. The summed E-state index contributed by atoms with van der Waals surface area (Å²) in [5.41, 5.74) is 0. The number of rotatable bonds is 2. The molecule has 0 saturated carbocycles. The molecule has 0 spiro atoms. The van der Waals surface area contributed by atoms with E-state index in [1.807, 2.05) is 11.0 Å². The predicted molar refractivity (Wildman–Crippen MR) is 67.7 cm³/mol.